The second kappa shape index (κ2) is 8.10. The van der Waals surface area contributed by atoms with Crippen molar-refractivity contribution >= 4 is 5.91 Å². The highest BCUT2D eigenvalue weighted by Crippen LogP contribution is 2.32. The van der Waals surface area contributed by atoms with E-state index in [0.29, 0.717) is 31.8 Å². The molecule has 0 aliphatic heterocycles. The second-order valence-electron chi connectivity index (χ2n) is 5.90. The Bertz CT molecular complexity index is 288. The molecule has 0 aliphatic rings. The molecule has 4 nitrogen and oxygen atoms in total. The summed E-state index contributed by atoms with van der Waals surface area (Å²) in [5.74, 6) is 0.590. The monoisotopic (exact) mass is 253 g/mol. The van der Waals surface area contributed by atoms with Crippen molar-refractivity contribution in [3.63, 3.8) is 0 Å². The number of nitriles is 1. The van der Waals surface area contributed by atoms with E-state index in [0.717, 1.165) is 12.8 Å². The quantitative estimate of drug-likeness (QED) is 0.755. The van der Waals surface area contributed by atoms with Crippen LogP contribution in [0.5, 0.6) is 0 Å². The molecule has 1 unspecified atom stereocenters. The van der Waals surface area contributed by atoms with Crippen molar-refractivity contribution in [3.8, 4) is 6.07 Å². The molecule has 18 heavy (non-hydrogen) atoms. The molecule has 0 rings (SSSR count). The lowest BCUT2D eigenvalue weighted by atomic mass is 9.76. The molecule has 0 aromatic heterocycles. The zero-order chi connectivity index (χ0) is 14.2. The summed E-state index contributed by atoms with van der Waals surface area (Å²) in [6.45, 7) is 7.76. The van der Waals surface area contributed by atoms with Crippen molar-refractivity contribution in [2.24, 2.45) is 17.1 Å². The molecule has 0 aromatic rings. The first kappa shape index (κ1) is 16.9. The molecule has 0 fully saturated rings. The number of hydrogen-bond donors (Lipinski definition) is 1. The summed E-state index contributed by atoms with van der Waals surface area (Å²) in [6, 6.07) is 2.05. The summed E-state index contributed by atoms with van der Waals surface area (Å²) in [7, 11) is 1.76. The lowest BCUT2D eigenvalue weighted by Crippen LogP contribution is -2.30. The van der Waals surface area contributed by atoms with Gasteiger partial charge in [0, 0.05) is 20.0 Å². The van der Waals surface area contributed by atoms with Crippen LogP contribution in [0.2, 0.25) is 0 Å². The summed E-state index contributed by atoms with van der Waals surface area (Å²) in [6.07, 6.45) is 2.77. The van der Waals surface area contributed by atoms with Crippen LogP contribution in [0.4, 0.5) is 0 Å². The van der Waals surface area contributed by atoms with E-state index in [2.05, 4.69) is 26.8 Å². The Morgan fingerprint density at radius 1 is 1.39 bits per heavy atom. The van der Waals surface area contributed by atoms with E-state index in [4.69, 9.17) is 11.0 Å². The van der Waals surface area contributed by atoms with Crippen LogP contribution in [-0.4, -0.2) is 30.9 Å². The average Bonchev–Trinajstić information content (AvgIpc) is 2.29. The Morgan fingerprint density at radius 3 is 2.44 bits per heavy atom. The molecule has 0 aromatic carbocycles. The van der Waals surface area contributed by atoms with Crippen LogP contribution in [0.3, 0.4) is 0 Å². The van der Waals surface area contributed by atoms with E-state index in [1.54, 1.807) is 11.9 Å². The first-order valence-corrected chi connectivity index (χ1v) is 6.64. The summed E-state index contributed by atoms with van der Waals surface area (Å²) in [5, 5.41) is 8.49. The number of nitrogens with two attached hydrogens (primary N) is 1. The second-order valence-corrected chi connectivity index (χ2v) is 5.90. The van der Waals surface area contributed by atoms with Crippen molar-refractivity contribution in [1.82, 2.24) is 4.90 Å². The highest BCUT2D eigenvalue weighted by molar-refractivity contribution is 5.75. The number of hydrogen-bond acceptors (Lipinski definition) is 3. The van der Waals surface area contributed by atoms with E-state index in [-0.39, 0.29) is 11.3 Å². The van der Waals surface area contributed by atoms with E-state index < -0.39 is 0 Å². The Kier molecular flexibility index (Phi) is 7.61. The summed E-state index contributed by atoms with van der Waals surface area (Å²) < 4.78 is 0. The van der Waals surface area contributed by atoms with Crippen LogP contribution in [0.25, 0.3) is 0 Å². The Morgan fingerprint density at radius 2 is 2.00 bits per heavy atom. The highest BCUT2D eigenvalue weighted by Gasteiger charge is 2.24. The molecule has 104 valence electrons. The molecule has 0 saturated carbocycles. The Labute approximate surface area is 111 Å². The van der Waals surface area contributed by atoms with E-state index in [9.17, 15) is 4.79 Å². The van der Waals surface area contributed by atoms with E-state index in [1.165, 1.54) is 0 Å². The van der Waals surface area contributed by atoms with Gasteiger partial charge in [0.05, 0.1) is 12.5 Å². The first-order chi connectivity index (χ1) is 8.32. The molecule has 0 bridgehead atoms. The third-order valence-corrected chi connectivity index (χ3v) is 3.43. The molecular weight excluding hydrogens is 226 g/mol. The molecule has 1 amide bonds. The Hall–Kier alpha value is -1.08. The van der Waals surface area contributed by atoms with Gasteiger partial charge in [-0.3, -0.25) is 4.79 Å². The predicted octanol–water partition coefficient (Wildman–Crippen LogP) is 2.15. The lowest BCUT2D eigenvalue weighted by molar-refractivity contribution is -0.130. The molecule has 0 saturated heterocycles. The van der Waals surface area contributed by atoms with Gasteiger partial charge in [0.1, 0.15) is 0 Å². The molecule has 4 heteroatoms. The van der Waals surface area contributed by atoms with Crippen molar-refractivity contribution in [3.05, 3.63) is 0 Å². The van der Waals surface area contributed by atoms with Gasteiger partial charge in [0.2, 0.25) is 5.91 Å². The average molecular weight is 253 g/mol. The maximum Gasteiger partial charge on any atom is 0.222 e. The molecule has 1 atom stereocenters. The van der Waals surface area contributed by atoms with Crippen LogP contribution in [-0.2, 0) is 4.79 Å². The predicted molar refractivity (Wildman–Crippen MR) is 73.7 cm³/mol. The zero-order valence-electron chi connectivity index (χ0n) is 12.2. The van der Waals surface area contributed by atoms with Crippen molar-refractivity contribution in [2.45, 2.75) is 46.5 Å². The number of amides is 1. The molecule has 0 aliphatic carbocycles. The SMILES string of the molecule is CN(CCC#N)C(=O)CCC(CCN)C(C)(C)C. The van der Waals surface area contributed by atoms with Crippen molar-refractivity contribution < 1.29 is 4.79 Å². The summed E-state index contributed by atoms with van der Waals surface area (Å²) in [5.41, 5.74) is 5.81. The van der Waals surface area contributed by atoms with Crippen LogP contribution >= 0.6 is 0 Å². The first-order valence-electron chi connectivity index (χ1n) is 6.64. The van der Waals surface area contributed by atoms with Crippen LogP contribution in [0.15, 0.2) is 0 Å². The fourth-order valence-electron chi connectivity index (χ4n) is 2.04. The van der Waals surface area contributed by atoms with Gasteiger partial charge in [-0.1, -0.05) is 20.8 Å². The minimum atomic E-state index is 0.122. The zero-order valence-corrected chi connectivity index (χ0v) is 12.2. The fourth-order valence-corrected chi connectivity index (χ4v) is 2.04. The van der Waals surface area contributed by atoms with Gasteiger partial charge < -0.3 is 10.6 Å². The van der Waals surface area contributed by atoms with Crippen molar-refractivity contribution in [2.75, 3.05) is 20.1 Å². The summed E-state index contributed by atoms with van der Waals surface area (Å²) >= 11 is 0. The van der Waals surface area contributed by atoms with E-state index in [1.807, 2.05) is 0 Å². The third kappa shape index (κ3) is 6.61. The molecule has 2 N–H and O–H groups in total. The highest BCUT2D eigenvalue weighted by atomic mass is 16.2. The standard InChI is InChI=1S/C14H27N3O/c1-14(2,3)12(8-10-16)6-7-13(18)17(4)11-5-9-15/h12H,5-8,10-11,16H2,1-4H3. The third-order valence-electron chi connectivity index (χ3n) is 3.43. The molecule has 0 spiro atoms. The molecular formula is C14H27N3O. The maximum atomic E-state index is 11.9. The number of nitrogens with zero attached hydrogens (tertiary/aromatic N) is 2. The van der Waals surface area contributed by atoms with Crippen LogP contribution < -0.4 is 5.73 Å². The number of rotatable bonds is 7. The molecule has 0 heterocycles. The van der Waals surface area contributed by atoms with Gasteiger partial charge in [-0.2, -0.15) is 5.26 Å². The van der Waals surface area contributed by atoms with Gasteiger partial charge in [-0.25, -0.2) is 0 Å². The van der Waals surface area contributed by atoms with Crippen molar-refractivity contribution in [1.29, 1.82) is 5.26 Å². The molecule has 0 radical (unpaired) electrons. The topological polar surface area (TPSA) is 70.1 Å². The normalized spacial score (nSPS) is 12.9. The van der Waals surface area contributed by atoms with Gasteiger partial charge in [0.25, 0.3) is 0 Å². The van der Waals surface area contributed by atoms with E-state index >= 15 is 0 Å². The maximum absolute atomic E-state index is 11.9. The smallest absolute Gasteiger partial charge is 0.222 e. The lowest BCUT2D eigenvalue weighted by Gasteiger charge is -2.31. The number of carbonyl (C=O) groups is 1. The Balaban J connectivity index is 4.19. The van der Waals surface area contributed by atoms with Crippen LogP contribution in [0.1, 0.15) is 46.5 Å². The minimum absolute atomic E-state index is 0.122. The largest absolute Gasteiger partial charge is 0.345 e. The fraction of sp³-hybridized carbons (Fsp3) is 0.857. The van der Waals surface area contributed by atoms with Crippen LogP contribution in [0, 0.1) is 22.7 Å². The van der Waals surface area contributed by atoms with Gasteiger partial charge >= 0.3 is 0 Å². The number of carbonyl (C=O) groups excluding carboxylic acids is 1. The minimum Gasteiger partial charge on any atom is -0.345 e. The van der Waals surface area contributed by atoms with Gasteiger partial charge in [-0.15, -0.1) is 0 Å². The van der Waals surface area contributed by atoms with Gasteiger partial charge in [0.15, 0.2) is 0 Å². The van der Waals surface area contributed by atoms with Gasteiger partial charge in [-0.05, 0) is 30.7 Å². The summed E-state index contributed by atoms with van der Waals surface area (Å²) in [4.78, 5) is 13.5.